The molecule has 5 heteroatoms. The molecule has 2 aromatic rings. The van der Waals surface area contributed by atoms with E-state index in [2.05, 4.69) is 15.9 Å². The summed E-state index contributed by atoms with van der Waals surface area (Å²) < 4.78 is 17.3. The number of hydrogen-bond acceptors (Lipinski definition) is 4. The lowest BCUT2D eigenvalue weighted by atomic mass is 10.2. The molecule has 0 bridgehead atoms. The molecule has 1 aliphatic rings. The third-order valence-electron chi connectivity index (χ3n) is 2.84. The van der Waals surface area contributed by atoms with E-state index in [0.29, 0.717) is 18.0 Å². The standard InChI is InChI=1S/C14H12BrNO3/c15-10-6-14-13(18-8-19-14)5-9(10)7-17-12-4-2-1-3-11(12)16/h1-6H,7-8,16H2. The molecule has 19 heavy (non-hydrogen) atoms. The lowest BCUT2D eigenvalue weighted by molar-refractivity contribution is 0.174. The fourth-order valence-electron chi connectivity index (χ4n) is 1.84. The summed E-state index contributed by atoms with van der Waals surface area (Å²) in [4.78, 5) is 0. The maximum Gasteiger partial charge on any atom is 0.231 e. The number of nitrogens with two attached hydrogens (primary N) is 1. The molecule has 2 N–H and O–H groups in total. The number of rotatable bonds is 3. The Bertz CT molecular complexity index is 616. The van der Waals surface area contributed by atoms with Crippen molar-refractivity contribution in [3.63, 3.8) is 0 Å². The molecule has 0 fully saturated rings. The Labute approximate surface area is 119 Å². The molecule has 0 atom stereocenters. The molecule has 98 valence electrons. The van der Waals surface area contributed by atoms with Crippen molar-refractivity contribution in [2.45, 2.75) is 6.61 Å². The third kappa shape index (κ3) is 2.46. The van der Waals surface area contributed by atoms with Crippen LogP contribution in [0, 0.1) is 0 Å². The molecule has 0 unspecified atom stereocenters. The number of ether oxygens (including phenoxy) is 3. The summed E-state index contributed by atoms with van der Waals surface area (Å²) in [7, 11) is 0. The van der Waals surface area contributed by atoms with Crippen LogP contribution in [0.5, 0.6) is 17.2 Å². The molecule has 0 radical (unpaired) electrons. The molecule has 1 aliphatic heterocycles. The quantitative estimate of drug-likeness (QED) is 0.881. The summed E-state index contributed by atoms with van der Waals surface area (Å²) >= 11 is 3.50. The molecule has 0 spiro atoms. The van der Waals surface area contributed by atoms with E-state index in [9.17, 15) is 0 Å². The van der Waals surface area contributed by atoms with Crippen molar-refractivity contribution in [2.75, 3.05) is 12.5 Å². The summed E-state index contributed by atoms with van der Waals surface area (Å²) in [5, 5.41) is 0. The van der Waals surface area contributed by atoms with Gasteiger partial charge in [0.1, 0.15) is 12.4 Å². The molecule has 0 aromatic heterocycles. The van der Waals surface area contributed by atoms with Crippen molar-refractivity contribution < 1.29 is 14.2 Å². The first-order chi connectivity index (χ1) is 9.24. The average Bonchev–Trinajstić information content (AvgIpc) is 2.84. The van der Waals surface area contributed by atoms with Gasteiger partial charge in [-0.15, -0.1) is 0 Å². The van der Waals surface area contributed by atoms with Gasteiger partial charge in [0.05, 0.1) is 5.69 Å². The van der Waals surface area contributed by atoms with E-state index in [1.807, 2.05) is 36.4 Å². The van der Waals surface area contributed by atoms with Crippen LogP contribution in [-0.4, -0.2) is 6.79 Å². The van der Waals surface area contributed by atoms with Gasteiger partial charge in [-0.3, -0.25) is 0 Å². The number of benzene rings is 2. The highest BCUT2D eigenvalue weighted by molar-refractivity contribution is 9.10. The van der Waals surface area contributed by atoms with Crippen LogP contribution in [-0.2, 0) is 6.61 Å². The van der Waals surface area contributed by atoms with Crippen LogP contribution in [0.15, 0.2) is 40.9 Å². The van der Waals surface area contributed by atoms with Crippen molar-refractivity contribution >= 4 is 21.6 Å². The fourth-order valence-corrected chi connectivity index (χ4v) is 2.27. The molecule has 2 aromatic carbocycles. The lowest BCUT2D eigenvalue weighted by Gasteiger charge is -2.10. The molecule has 0 aliphatic carbocycles. The number of fused-ring (bicyclic) bond motifs is 1. The largest absolute Gasteiger partial charge is 0.487 e. The minimum atomic E-state index is 0.262. The number of para-hydroxylation sites is 2. The Hall–Kier alpha value is -1.88. The predicted octanol–water partition coefficient (Wildman–Crippen LogP) is 3.34. The molecule has 3 rings (SSSR count). The van der Waals surface area contributed by atoms with Crippen molar-refractivity contribution in [3.05, 3.63) is 46.4 Å². The van der Waals surface area contributed by atoms with Crippen molar-refractivity contribution in [3.8, 4) is 17.2 Å². The number of nitrogen functional groups attached to an aromatic ring is 1. The van der Waals surface area contributed by atoms with E-state index in [0.717, 1.165) is 21.5 Å². The molecule has 1 heterocycles. The Kier molecular flexibility index (Phi) is 3.21. The van der Waals surface area contributed by atoms with Gasteiger partial charge in [-0.05, 0) is 24.3 Å². The molecule has 0 saturated carbocycles. The van der Waals surface area contributed by atoms with Gasteiger partial charge in [0.25, 0.3) is 0 Å². The molecular weight excluding hydrogens is 310 g/mol. The second-order valence-electron chi connectivity index (χ2n) is 4.12. The zero-order valence-corrected chi connectivity index (χ0v) is 11.6. The second-order valence-corrected chi connectivity index (χ2v) is 4.98. The highest BCUT2D eigenvalue weighted by Crippen LogP contribution is 2.37. The average molecular weight is 322 g/mol. The Morgan fingerprint density at radius 2 is 1.89 bits per heavy atom. The van der Waals surface area contributed by atoms with Crippen molar-refractivity contribution in [1.29, 1.82) is 0 Å². The van der Waals surface area contributed by atoms with Crippen molar-refractivity contribution in [2.24, 2.45) is 0 Å². The van der Waals surface area contributed by atoms with Gasteiger partial charge in [0, 0.05) is 10.0 Å². The summed E-state index contributed by atoms with van der Waals surface area (Å²) in [5.41, 5.74) is 7.44. The lowest BCUT2D eigenvalue weighted by Crippen LogP contribution is -1.99. The molecular formula is C14H12BrNO3. The van der Waals surface area contributed by atoms with E-state index < -0.39 is 0 Å². The summed E-state index contributed by atoms with van der Waals surface area (Å²) in [6.07, 6.45) is 0. The minimum Gasteiger partial charge on any atom is -0.487 e. The molecule has 0 saturated heterocycles. The smallest absolute Gasteiger partial charge is 0.231 e. The van der Waals surface area contributed by atoms with Crippen molar-refractivity contribution in [1.82, 2.24) is 0 Å². The number of halogens is 1. The van der Waals surface area contributed by atoms with Gasteiger partial charge < -0.3 is 19.9 Å². The maximum atomic E-state index is 5.83. The highest BCUT2D eigenvalue weighted by atomic mass is 79.9. The van der Waals surface area contributed by atoms with Crippen LogP contribution in [0.2, 0.25) is 0 Å². The van der Waals surface area contributed by atoms with Gasteiger partial charge in [0.2, 0.25) is 6.79 Å². The van der Waals surface area contributed by atoms with Gasteiger partial charge >= 0.3 is 0 Å². The van der Waals surface area contributed by atoms with Crippen LogP contribution in [0.1, 0.15) is 5.56 Å². The monoisotopic (exact) mass is 321 g/mol. The molecule has 0 amide bonds. The van der Waals surface area contributed by atoms with Crippen LogP contribution < -0.4 is 19.9 Å². The Morgan fingerprint density at radius 3 is 2.68 bits per heavy atom. The van der Waals surface area contributed by atoms with E-state index in [1.54, 1.807) is 0 Å². The van der Waals surface area contributed by atoms with E-state index in [4.69, 9.17) is 19.9 Å². The Morgan fingerprint density at radius 1 is 1.16 bits per heavy atom. The van der Waals surface area contributed by atoms with E-state index >= 15 is 0 Å². The summed E-state index contributed by atoms with van der Waals surface area (Å²) in [6, 6.07) is 11.2. The minimum absolute atomic E-state index is 0.262. The predicted molar refractivity (Wildman–Crippen MR) is 75.5 cm³/mol. The fraction of sp³-hybridized carbons (Fsp3) is 0.143. The second kappa shape index (κ2) is 5.01. The van der Waals surface area contributed by atoms with E-state index in [1.165, 1.54) is 0 Å². The summed E-state index contributed by atoms with van der Waals surface area (Å²) in [6.45, 7) is 0.670. The number of hydrogen-bond donors (Lipinski definition) is 1. The molecule has 4 nitrogen and oxygen atoms in total. The third-order valence-corrected chi connectivity index (χ3v) is 3.58. The first kappa shape index (κ1) is 12.2. The normalized spacial score (nSPS) is 12.5. The number of anilines is 1. The Balaban J connectivity index is 1.79. The van der Waals surface area contributed by atoms with Gasteiger partial charge in [-0.1, -0.05) is 28.1 Å². The van der Waals surface area contributed by atoms with Gasteiger partial charge in [0.15, 0.2) is 11.5 Å². The van der Waals surface area contributed by atoms with Crippen LogP contribution in [0.25, 0.3) is 0 Å². The van der Waals surface area contributed by atoms with Gasteiger partial charge in [-0.2, -0.15) is 0 Å². The van der Waals surface area contributed by atoms with Gasteiger partial charge in [-0.25, -0.2) is 0 Å². The first-order valence-corrected chi connectivity index (χ1v) is 6.58. The van der Waals surface area contributed by atoms with Crippen LogP contribution >= 0.6 is 15.9 Å². The zero-order chi connectivity index (χ0) is 13.2. The zero-order valence-electron chi connectivity index (χ0n) is 10.1. The maximum absolute atomic E-state index is 5.83. The van der Waals surface area contributed by atoms with E-state index in [-0.39, 0.29) is 6.79 Å². The van der Waals surface area contributed by atoms with Crippen LogP contribution in [0.3, 0.4) is 0 Å². The first-order valence-electron chi connectivity index (χ1n) is 5.79. The highest BCUT2D eigenvalue weighted by Gasteiger charge is 2.16. The van der Waals surface area contributed by atoms with Crippen LogP contribution in [0.4, 0.5) is 5.69 Å². The summed E-state index contributed by atoms with van der Waals surface area (Å²) in [5.74, 6) is 2.16. The topological polar surface area (TPSA) is 53.7 Å². The SMILES string of the molecule is Nc1ccccc1OCc1cc2c(cc1Br)OCO2.